The largest absolute Gasteiger partial charge is 0.543 e. The monoisotopic (exact) mass is 593 g/mol. The first-order valence-electron chi connectivity index (χ1n) is 13.0. The van der Waals surface area contributed by atoms with Crippen molar-refractivity contribution < 1.29 is 68.5 Å². The number of carboxylic acids is 2. The lowest BCUT2D eigenvalue weighted by atomic mass is 9.83. The molecule has 3 rings (SSSR count). The maximum Gasteiger partial charge on any atom is 0.341 e. The number of carboxylic acid groups (broad SMARTS) is 2. The molecule has 3 heterocycles. The zero-order chi connectivity index (χ0) is 31.3. The van der Waals surface area contributed by atoms with Crippen molar-refractivity contribution in [1.82, 2.24) is 0 Å². The van der Waals surface area contributed by atoms with Gasteiger partial charge in [-0.3, -0.25) is 0 Å². The summed E-state index contributed by atoms with van der Waals surface area (Å²) in [4.78, 5) is 36.2. The SMILES string of the molecule is C=C[C@H]1[C@H](O[C@@H]2O[C@H](CO)[C@@H](O)[C@H](O)[C@H]2O)OC=C(C(=O)OC)[C@H]1/C=C/c1cc(C(=O)O)c[n+]([C@H](C(=O)[O-])C(C)C)c1. The van der Waals surface area contributed by atoms with Gasteiger partial charge < -0.3 is 54.4 Å². The van der Waals surface area contributed by atoms with E-state index in [-0.39, 0.29) is 16.7 Å². The van der Waals surface area contributed by atoms with E-state index in [0.717, 1.165) is 13.4 Å². The number of rotatable bonds is 11. The summed E-state index contributed by atoms with van der Waals surface area (Å²) < 4.78 is 22.9. The molecule has 0 saturated carbocycles. The molecule has 0 unspecified atom stereocenters. The smallest absolute Gasteiger partial charge is 0.341 e. The van der Waals surface area contributed by atoms with Crippen molar-refractivity contribution in [3.05, 3.63) is 60.2 Å². The van der Waals surface area contributed by atoms with Crippen LogP contribution in [0.1, 0.15) is 35.8 Å². The quantitative estimate of drug-likeness (QED) is 0.110. The molecule has 0 amide bonds. The zero-order valence-electron chi connectivity index (χ0n) is 23.2. The summed E-state index contributed by atoms with van der Waals surface area (Å²) >= 11 is 0. The number of esters is 1. The lowest BCUT2D eigenvalue weighted by molar-refractivity contribution is -0.722. The van der Waals surface area contributed by atoms with Crippen molar-refractivity contribution in [2.75, 3.05) is 13.7 Å². The van der Waals surface area contributed by atoms with Crippen LogP contribution in [-0.2, 0) is 28.5 Å². The van der Waals surface area contributed by atoms with E-state index in [9.17, 15) is 45.0 Å². The van der Waals surface area contributed by atoms with Crippen molar-refractivity contribution >= 4 is 24.0 Å². The summed E-state index contributed by atoms with van der Waals surface area (Å²) in [6.07, 6.45) is -0.978. The van der Waals surface area contributed by atoms with E-state index < -0.39 is 85.3 Å². The van der Waals surface area contributed by atoms with Gasteiger partial charge in [-0.15, -0.1) is 6.58 Å². The van der Waals surface area contributed by atoms with Crippen LogP contribution in [0.25, 0.3) is 6.08 Å². The van der Waals surface area contributed by atoms with Gasteiger partial charge in [0, 0.05) is 17.4 Å². The third-order valence-corrected chi connectivity index (χ3v) is 7.07. The van der Waals surface area contributed by atoms with Crippen molar-refractivity contribution in [3.8, 4) is 0 Å². The Balaban J connectivity index is 2.00. The third-order valence-electron chi connectivity index (χ3n) is 7.07. The fourth-order valence-corrected chi connectivity index (χ4v) is 4.86. The Morgan fingerprint density at radius 1 is 1.14 bits per heavy atom. The number of ether oxygens (including phenoxy) is 4. The van der Waals surface area contributed by atoms with Gasteiger partial charge in [-0.2, -0.15) is 4.57 Å². The summed E-state index contributed by atoms with van der Waals surface area (Å²) in [6, 6.07) is 0.149. The first-order chi connectivity index (χ1) is 19.8. The predicted octanol–water partition coefficient (Wildman–Crippen LogP) is -1.72. The van der Waals surface area contributed by atoms with Gasteiger partial charge >= 0.3 is 11.9 Å². The number of hydrogen-bond donors (Lipinski definition) is 5. The minimum atomic E-state index is -1.72. The molecule has 2 aliphatic rings. The van der Waals surface area contributed by atoms with Crippen LogP contribution in [0.15, 0.2) is 49.0 Å². The van der Waals surface area contributed by atoms with E-state index in [1.165, 1.54) is 41.3 Å². The van der Waals surface area contributed by atoms with Crippen LogP contribution in [0.4, 0.5) is 0 Å². The molecule has 42 heavy (non-hydrogen) atoms. The van der Waals surface area contributed by atoms with E-state index in [4.69, 9.17) is 18.9 Å². The Morgan fingerprint density at radius 3 is 2.38 bits per heavy atom. The number of aliphatic hydroxyl groups excluding tert-OH is 4. The topological polar surface area (TPSA) is 216 Å². The van der Waals surface area contributed by atoms with E-state index in [1.54, 1.807) is 13.8 Å². The maximum atomic E-state index is 12.6. The molecule has 14 nitrogen and oxygen atoms in total. The number of aliphatic carboxylic acids is 1. The van der Waals surface area contributed by atoms with Crippen molar-refractivity contribution in [3.63, 3.8) is 0 Å². The molecule has 2 aliphatic heterocycles. The van der Waals surface area contributed by atoms with Gasteiger partial charge in [-0.1, -0.05) is 32.1 Å². The Bertz CT molecular complexity index is 1230. The summed E-state index contributed by atoms with van der Waals surface area (Å²) in [5, 5.41) is 61.5. The molecular weight excluding hydrogens is 558 g/mol. The maximum absolute atomic E-state index is 12.6. The highest BCUT2D eigenvalue weighted by Crippen LogP contribution is 2.36. The van der Waals surface area contributed by atoms with Gasteiger partial charge in [0.25, 0.3) is 0 Å². The Morgan fingerprint density at radius 2 is 1.83 bits per heavy atom. The molecule has 0 aromatic carbocycles. The molecule has 1 fully saturated rings. The molecule has 0 aliphatic carbocycles. The van der Waals surface area contributed by atoms with Crippen LogP contribution in [0.3, 0.4) is 0 Å². The lowest BCUT2D eigenvalue weighted by Crippen LogP contribution is -2.60. The van der Waals surface area contributed by atoms with E-state index in [2.05, 4.69) is 6.58 Å². The van der Waals surface area contributed by atoms with E-state index >= 15 is 0 Å². The summed E-state index contributed by atoms with van der Waals surface area (Å²) in [6.45, 7) is 6.40. The van der Waals surface area contributed by atoms with Crippen molar-refractivity contribution in [1.29, 1.82) is 0 Å². The number of aliphatic hydroxyl groups is 4. The standard InChI is InChI=1S/C28H35NO13/c1-5-16-17(7-6-14-8-15(24(34)35)10-29(9-14)20(13(2)3)25(36)37)18(26(38)39-4)12-40-27(16)42-28-23(33)22(32)21(31)19(11-30)41-28/h5-10,12-13,16-17,19-23,27-28,30-33H,1,11H2,2-4H3,(H-,34,35,36,37)/b7-6+/t16-,17+,19-,20+,21-,22+,23-,27+,28+/m1/s1. The van der Waals surface area contributed by atoms with Crippen molar-refractivity contribution in [2.24, 2.45) is 17.8 Å². The number of carbonyl (C=O) groups excluding carboxylic acids is 2. The molecule has 1 aromatic rings. The Hall–Kier alpha value is -3.66. The third kappa shape index (κ3) is 7.03. The zero-order valence-corrected chi connectivity index (χ0v) is 23.2. The normalized spacial score (nSPS) is 30.3. The molecule has 0 bridgehead atoms. The Kier molecular flexibility index (Phi) is 11.0. The number of allylic oxidation sites excluding steroid dienone is 1. The highest BCUT2D eigenvalue weighted by atomic mass is 16.8. The van der Waals surface area contributed by atoms with Crippen LogP contribution in [0.2, 0.25) is 0 Å². The predicted molar refractivity (Wildman–Crippen MR) is 139 cm³/mol. The lowest BCUT2D eigenvalue weighted by Gasteiger charge is -2.42. The number of methoxy groups -OCH3 is 1. The van der Waals surface area contributed by atoms with Crippen LogP contribution in [0, 0.1) is 17.8 Å². The summed E-state index contributed by atoms with van der Waals surface area (Å²) in [5.74, 6) is -5.59. The average Bonchev–Trinajstić information content (AvgIpc) is 2.95. The van der Waals surface area contributed by atoms with Gasteiger partial charge in [-0.05, 0) is 6.07 Å². The fraction of sp³-hybridized carbons (Fsp3) is 0.500. The van der Waals surface area contributed by atoms with Crippen LogP contribution < -0.4 is 9.67 Å². The second kappa shape index (κ2) is 14.0. The molecule has 0 radical (unpaired) electrons. The van der Waals surface area contributed by atoms with Gasteiger partial charge in [0.05, 0.1) is 31.5 Å². The molecule has 14 heteroatoms. The van der Waals surface area contributed by atoms with Crippen LogP contribution >= 0.6 is 0 Å². The second-order valence-electron chi connectivity index (χ2n) is 10.2. The first kappa shape index (κ1) is 32.8. The van der Waals surface area contributed by atoms with Gasteiger partial charge in [0.15, 0.2) is 24.7 Å². The number of aromatic carboxylic acids is 1. The highest BCUT2D eigenvalue weighted by Gasteiger charge is 2.47. The van der Waals surface area contributed by atoms with Crippen LogP contribution in [0.5, 0.6) is 0 Å². The minimum Gasteiger partial charge on any atom is -0.543 e. The number of carbonyl (C=O) groups is 3. The molecule has 5 N–H and O–H groups in total. The van der Waals surface area contributed by atoms with Crippen LogP contribution in [-0.4, -0.2) is 94.2 Å². The molecule has 0 spiro atoms. The van der Waals surface area contributed by atoms with Gasteiger partial charge in [0.1, 0.15) is 35.9 Å². The molecule has 9 atom stereocenters. The fourth-order valence-electron chi connectivity index (χ4n) is 4.86. The number of aromatic nitrogens is 1. The average molecular weight is 594 g/mol. The minimum absolute atomic E-state index is 0.0318. The number of pyridine rings is 1. The number of hydrogen-bond acceptors (Lipinski definition) is 12. The Labute approximate surface area is 241 Å². The number of nitrogens with zero attached hydrogens (tertiary/aromatic N) is 1. The van der Waals surface area contributed by atoms with Crippen molar-refractivity contribution in [2.45, 2.75) is 56.9 Å². The van der Waals surface area contributed by atoms with Gasteiger partial charge in [0.2, 0.25) is 6.29 Å². The van der Waals surface area contributed by atoms with E-state index in [1.807, 2.05) is 0 Å². The molecule has 230 valence electrons. The van der Waals surface area contributed by atoms with E-state index in [0.29, 0.717) is 0 Å². The van der Waals surface area contributed by atoms with Gasteiger partial charge in [-0.25, -0.2) is 9.59 Å². The highest BCUT2D eigenvalue weighted by molar-refractivity contribution is 5.90. The molecule has 1 saturated heterocycles. The molecule has 1 aromatic heterocycles. The summed E-state index contributed by atoms with van der Waals surface area (Å²) in [5.41, 5.74) is 0.125. The molecular formula is C28H35NO13. The summed E-state index contributed by atoms with van der Waals surface area (Å²) in [7, 11) is 1.16. The second-order valence-corrected chi connectivity index (χ2v) is 10.2. The first-order valence-corrected chi connectivity index (χ1v) is 13.0.